The fourth-order valence-corrected chi connectivity index (χ4v) is 2.09. The molecule has 2 aromatic rings. The second-order valence-electron chi connectivity index (χ2n) is 4.56. The van der Waals surface area contributed by atoms with Gasteiger partial charge >= 0.3 is 0 Å². The monoisotopic (exact) mass is 294 g/mol. The first-order valence-electron chi connectivity index (χ1n) is 5.98. The standard InChI is InChI=1S/C13H12Cl2N4/c14-9-4-3-8(5-10(9)15)17-12-6-11(16)18-13(19-12)7-1-2-7/h3-7H,1-2H2,(H3,16,17,18,19). The van der Waals surface area contributed by atoms with E-state index in [1.807, 2.05) is 6.07 Å². The highest BCUT2D eigenvalue weighted by molar-refractivity contribution is 6.42. The number of aromatic nitrogens is 2. The average molecular weight is 295 g/mol. The minimum atomic E-state index is 0.456. The number of nitrogen functional groups attached to an aromatic ring is 1. The van der Waals surface area contributed by atoms with E-state index in [4.69, 9.17) is 28.9 Å². The molecule has 19 heavy (non-hydrogen) atoms. The molecule has 1 aromatic carbocycles. The summed E-state index contributed by atoms with van der Waals surface area (Å²) in [4.78, 5) is 8.71. The van der Waals surface area contributed by atoms with Gasteiger partial charge in [-0.15, -0.1) is 0 Å². The lowest BCUT2D eigenvalue weighted by molar-refractivity contribution is 0.936. The number of rotatable bonds is 3. The van der Waals surface area contributed by atoms with Crippen LogP contribution in [0.25, 0.3) is 0 Å². The molecule has 0 atom stereocenters. The third-order valence-electron chi connectivity index (χ3n) is 2.90. The van der Waals surface area contributed by atoms with Crippen molar-refractivity contribution in [2.45, 2.75) is 18.8 Å². The van der Waals surface area contributed by atoms with Crippen LogP contribution >= 0.6 is 23.2 Å². The van der Waals surface area contributed by atoms with Gasteiger partial charge in [-0.1, -0.05) is 23.2 Å². The van der Waals surface area contributed by atoms with Gasteiger partial charge in [0.2, 0.25) is 0 Å². The lowest BCUT2D eigenvalue weighted by atomic mass is 10.3. The number of nitrogens with zero attached hydrogens (tertiary/aromatic N) is 2. The summed E-state index contributed by atoms with van der Waals surface area (Å²) in [5.41, 5.74) is 6.61. The molecule has 1 fully saturated rings. The molecule has 3 rings (SSSR count). The summed E-state index contributed by atoms with van der Waals surface area (Å²) in [6, 6.07) is 7.02. The van der Waals surface area contributed by atoms with Gasteiger partial charge in [-0.25, -0.2) is 9.97 Å². The van der Waals surface area contributed by atoms with Crippen molar-refractivity contribution >= 4 is 40.5 Å². The Hall–Kier alpha value is -1.52. The molecule has 1 aromatic heterocycles. The largest absolute Gasteiger partial charge is 0.384 e. The van der Waals surface area contributed by atoms with Gasteiger partial charge in [0.15, 0.2) is 0 Å². The van der Waals surface area contributed by atoms with Crippen molar-refractivity contribution in [3.05, 3.63) is 40.1 Å². The van der Waals surface area contributed by atoms with Crippen molar-refractivity contribution < 1.29 is 0 Å². The Balaban J connectivity index is 1.87. The number of hydrogen-bond donors (Lipinski definition) is 2. The Morgan fingerprint density at radius 3 is 2.58 bits per heavy atom. The zero-order chi connectivity index (χ0) is 13.4. The van der Waals surface area contributed by atoms with Gasteiger partial charge in [0.25, 0.3) is 0 Å². The first-order valence-corrected chi connectivity index (χ1v) is 6.74. The second-order valence-corrected chi connectivity index (χ2v) is 5.38. The Morgan fingerprint density at radius 1 is 1.11 bits per heavy atom. The summed E-state index contributed by atoms with van der Waals surface area (Å²) in [6.45, 7) is 0. The number of benzene rings is 1. The maximum Gasteiger partial charge on any atom is 0.136 e. The van der Waals surface area contributed by atoms with E-state index >= 15 is 0 Å². The van der Waals surface area contributed by atoms with E-state index in [0.717, 1.165) is 24.4 Å². The molecule has 0 saturated heterocycles. The summed E-state index contributed by atoms with van der Waals surface area (Å²) < 4.78 is 0. The van der Waals surface area contributed by atoms with Crippen LogP contribution in [0.4, 0.5) is 17.3 Å². The molecule has 1 aliphatic carbocycles. The van der Waals surface area contributed by atoms with E-state index in [9.17, 15) is 0 Å². The average Bonchev–Trinajstić information content (AvgIpc) is 3.17. The number of anilines is 3. The SMILES string of the molecule is Nc1cc(Nc2ccc(Cl)c(Cl)c2)nc(C2CC2)n1. The van der Waals surface area contributed by atoms with Crippen LogP contribution in [0.3, 0.4) is 0 Å². The predicted molar refractivity (Wildman–Crippen MR) is 78.2 cm³/mol. The molecular formula is C13H12Cl2N4. The molecule has 0 amide bonds. The third kappa shape index (κ3) is 2.91. The van der Waals surface area contributed by atoms with Gasteiger partial charge in [0.05, 0.1) is 10.0 Å². The smallest absolute Gasteiger partial charge is 0.136 e. The van der Waals surface area contributed by atoms with Gasteiger partial charge in [0.1, 0.15) is 17.5 Å². The first-order chi connectivity index (χ1) is 9.11. The molecule has 6 heteroatoms. The lowest BCUT2D eigenvalue weighted by Gasteiger charge is -2.08. The maximum absolute atomic E-state index is 5.97. The molecule has 1 heterocycles. The summed E-state index contributed by atoms with van der Waals surface area (Å²) in [5, 5.41) is 4.18. The molecular weight excluding hydrogens is 283 g/mol. The molecule has 1 saturated carbocycles. The van der Waals surface area contributed by atoms with Crippen molar-refractivity contribution in [3.8, 4) is 0 Å². The van der Waals surface area contributed by atoms with Crippen molar-refractivity contribution in [2.75, 3.05) is 11.1 Å². The summed E-state index contributed by atoms with van der Waals surface area (Å²) in [7, 11) is 0. The normalized spacial score (nSPS) is 14.4. The van der Waals surface area contributed by atoms with E-state index in [1.54, 1.807) is 18.2 Å². The van der Waals surface area contributed by atoms with Crippen LogP contribution in [0.5, 0.6) is 0 Å². The Bertz CT molecular complexity index is 626. The number of nitrogens with one attached hydrogen (secondary N) is 1. The minimum Gasteiger partial charge on any atom is -0.384 e. The molecule has 3 N–H and O–H groups in total. The molecule has 0 unspecified atom stereocenters. The molecule has 1 aliphatic rings. The Labute approximate surface area is 121 Å². The fraction of sp³-hybridized carbons (Fsp3) is 0.231. The highest BCUT2D eigenvalue weighted by Gasteiger charge is 2.27. The van der Waals surface area contributed by atoms with Gasteiger partial charge in [-0.2, -0.15) is 0 Å². The first kappa shape index (κ1) is 12.5. The van der Waals surface area contributed by atoms with Crippen molar-refractivity contribution in [2.24, 2.45) is 0 Å². The number of halogens is 2. The van der Waals surface area contributed by atoms with Crippen molar-refractivity contribution in [1.29, 1.82) is 0 Å². The molecule has 0 bridgehead atoms. The topological polar surface area (TPSA) is 63.8 Å². The third-order valence-corrected chi connectivity index (χ3v) is 3.64. The van der Waals surface area contributed by atoms with Gasteiger partial charge in [0, 0.05) is 17.7 Å². The molecule has 4 nitrogen and oxygen atoms in total. The minimum absolute atomic E-state index is 0.456. The molecule has 0 aliphatic heterocycles. The van der Waals surface area contributed by atoms with E-state index in [1.165, 1.54) is 0 Å². The van der Waals surface area contributed by atoms with Crippen molar-refractivity contribution in [3.63, 3.8) is 0 Å². The van der Waals surface area contributed by atoms with Crippen LogP contribution in [-0.2, 0) is 0 Å². The molecule has 98 valence electrons. The van der Waals surface area contributed by atoms with Crippen LogP contribution in [0, 0.1) is 0 Å². The van der Waals surface area contributed by atoms with Crippen molar-refractivity contribution in [1.82, 2.24) is 9.97 Å². The lowest BCUT2D eigenvalue weighted by Crippen LogP contribution is -2.02. The number of hydrogen-bond acceptors (Lipinski definition) is 4. The van der Waals surface area contributed by atoms with Gasteiger partial charge in [-0.05, 0) is 31.0 Å². The van der Waals surface area contributed by atoms with E-state index < -0.39 is 0 Å². The van der Waals surface area contributed by atoms with Crippen LogP contribution in [0.2, 0.25) is 10.0 Å². The van der Waals surface area contributed by atoms with Gasteiger partial charge < -0.3 is 11.1 Å². The highest BCUT2D eigenvalue weighted by Crippen LogP contribution is 2.38. The van der Waals surface area contributed by atoms with Crippen LogP contribution < -0.4 is 11.1 Å². The van der Waals surface area contributed by atoms with Crippen LogP contribution in [0.1, 0.15) is 24.6 Å². The quantitative estimate of drug-likeness (QED) is 0.898. The Kier molecular flexibility index (Phi) is 3.21. The highest BCUT2D eigenvalue weighted by atomic mass is 35.5. The predicted octanol–water partition coefficient (Wildman–Crippen LogP) is 3.99. The summed E-state index contributed by atoms with van der Waals surface area (Å²) >= 11 is 11.9. The van der Waals surface area contributed by atoms with E-state index in [0.29, 0.717) is 27.6 Å². The molecule has 0 radical (unpaired) electrons. The van der Waals surface area contributed by atoms with Crippen LogP contribution in [-0.4, -0.2) is 9.97 Å². The summed E-state index contributed by atoms with van der Waals surface area (Å²) in [5.74, 6) is 2.41. The Morgan fingerprint density at radius 2 is 1.89 bits per heavy atom. The van der Waals surface area contributed by atoms with Crippen LogP contribution in [0.15, 0.2) is 24.3 Å². The fourth-order valence-electron chi connectivity index (χ4n) is 1.80. The van der Waals surface area contributed by atoms with E-state index in [-0.39, 0.29) is 0 Å². The van der Waals surface area contributed by atoms with E-state index in [2.05, 4.69) is 15.3 Å². The second kappa shape index (κ2) is 4.87. The zero-order valence-corrected chi connectivity index (χ0v) is 11.5. The van der Waals surface area contributed by atoms with Gasteiger partial charge in [-0.3, -0.25) is 0 Å². The molecule has 0 spiro atoms. The maximum atomic E-state index is 5.97. The summed E-state index contributed by atoms with van der Waals surface area (Å²) in [6.07, 6.45) is 2.27. The zero-order valence-electron chi connectivity index (χ0n) is 10.0. The number of nitrogens with two attached hydrogens (primary N) is 1.